The topological polar surface area (TPSA) is 64.1 Å². The predicted octanol–water partition coefficient (Wildman–Crippen LogP) is 1.12. The molecule has 0 amide bonds. The van der Waals surface area contributed by atoms with Gasteiger partial charge in [0.15, 0.2) is 0 Å². The molecule has 0 aromatic heterocycles. The average Bonchev–Trinajstić information content (AvgIpc) is 2.31. The van der Waals surface area contributed by atoms with Crippen molar-refractivity contribution in [3.8, 4) is 0 Å². The number of nitrogens with two attached hydrogens (primary N) is 2. The Morgan fingerprint density at radius 3 is 1.87 bits per heavy atom. The molecule has 0 saturated heterocycles. The van der Waals surface area contributed by atoms with Gasteiger partial charge in [0.25, 0.3) is 0 Å². The Kier molecular flexibility index (Phi) is 17.2. The molecule has 1 rings (SSSR count). The summed E-state index contributed by atoms with van der Waals surface area (Å²) in [6.45, 7) is 3.91. The summed E-state index contributed by atoms with van der Waals surface area (Å²) < 4.78 is 0. The third-order valence-electron chi connectivity index (χ3n) is 1.57. The monoisotopic (exact) mass is 211 g/mol. The smallest absolute Gasteiger partial charge is 0.00399 e. The van der Waals surface area contributed by atoms with E-state index in [1.54, 1.807) is 0 Å². The highest BCUT2D eigenvalue weighted by Gasteiger charge is 1.73. The quantitative estimate of drug-likeness (QED) is 0.657. The van der Waals surface area contributed by atoms with E-state index in [9.17, 15) is 0 Å². The van der Waals surface area contributed by atoms with Crippen molar-refractivity contribution in [1.29, 1.82) is 0 Å². The lowest BCUT2D eigenvalue weighted by Gasteiger charge is -1.90. The first-order valence-corrected chi connectivity index (χ1v) is 5.25. The molecule has 0 aliphatic carbocycles. The highest BCUT2D eigenvalue weighted by atomic mass is 14.8. The minimum absolute atomic E-state index is 0.792. The van der Waals surface area contributed by atoms with Gasteiger partial charge in [-0.3, -0.25) is 0 Å². The van der Waals surface area contributed by atoms with E-state index >= 15 is 0 Å². The summed E-state index contributed by atoms with van der Waals surface area (Å²) in [4.78, 5) is 0. The van der Waals surface area contributed by atoms with Crippen molar-refractivity contribution in [3.63, 3.8) is 0 Å². The molecule has 15 heavy (non-hydrogen) atoms. The number of hydrogen-bond acceptors (Lipinski definition) is 3. The molecular formula is C12H25N3. The highest BCUT2D eigenvalue weighted by molar-refractivity contribution is 5.11. The maximum Gasteiger partial charge on any atom is -0.00399 e. The highest BCUT2D eigenvalue weighted by Crippen LogP contribution is 1.92. The van der Waals surface area contributed by atoms with Crippen LogP contribution in [0.5, 0.6) is 0 Å². The second kappa shape index (κ2) is 15.6. The normalized spacial score (nSPS) is 8.07. The van der Waals surface area contributed by atoms with E-state index in [0.29, 0.717) is 0 Å². The summed E-state index contributed by atoms with van der Waals surface area (Å²) in [6, 6.07) is 10.3. The van der Waals surface area contributed by atoms with E-state index in [-0.39, 0.29) is 0 Å². The zero-order valence-electron chi connectivity index (χ0n) is 10.2. The van der Waals surface area contributed by atoms with E-state index in [0.717, 1.165) is 19.5 Å². The first kappa shape index (κ1) is 16.5. The molecule has 0 aliphatic rings. The summed E-state index contributed by atoms with van der Waals surface area (Å²) in [5.41, 5.74) is 11.0. The van der Waals surface area contributed by atoms with Gasteiger partial charge in [0.05, 0.1) is 0 Å². The lowest BCUT2D eigenvalue weighted by atomic mass is 10.2. The van der Waals surface area contributed by atoms with E-state index in [1.807, 2.05) is 25.2 Å². The predicted molar refractivity (Wildman–Crippen MR) is 68.9 cm³/mol. The fourth-order valence-corrected chi connectivity index (χ4v) is 0.813. The van der Waals surface area contributed by atoms with Gasteiger partial charge in [-0.05, 0) is 40.5 Å². The fraction of sp³-hybridized carbons (Fsp3) is 0.500. The number of nitrogens with one attached hydrogen (secondary N) is 1. The van der Waals surface area contributed by atoms with Crippen LogP contribution in [-0.2, 0) is 0 Å². The van der Waals surface area contributed by atoms with Crippen LogP contribution in [0.15, 0.2) is 30.3 Å². The SMILES string of the molecule is CN.CNCCCN.Cc1ccccc1. The molecule has 1 aromatic carbocycles. The Morgan fingerprint density at radius 2 is 1.67 bits per heavy atom. The van der Waals surface area contributed by atoms with E-state index in [4.69, 9.17) is 5.73 Å². The van der Waals surface area contributed by atoms with Crippen LogP contribution in [-0.4, -0.2) is 27.2 Å². The number of hydrogen-bond donors (Lipinski definition) is 3. The van der Waals surface area contributed by atoms with Crippen molar-refractivity contribution in [2.75, 3.05) is 27.2 Å². The van der Waals surface area contributed by atoms with Crippen LogP contribution >= 0.6 is 0 Å². The molecule has 5 N–H and O–H groups in total. The molecule has 0 radical (unpaired) electrons. The van der Waals surface area contributed by atoms with Crippen LogP contribution in [0, 0.1) is 6.92 Å². The lowest BCUT2D eigenvalue weighted by molar-refractivity contribution is 0.733. The van der Waals surface area contributed by atoms with Crippen molar-refractivity contribution >= 4 is 0 Å². The van der Waals surface area contributed by atoms with Gasteiger partial charge in [-0.1, -0.05) is 35.9 Å². The zero-order chi connectivity index (χ0) is 11.9. The molecule has 0 unspecified atom stereocenters. The maximum atomic E-state index is 5.17. The zero-order valence-corrected chi connectivity index (χ0v) is 10.2. The number of rotatable bonds is 3. The molecule has 1 aromatic rings. The number of benzene rings is 1. The minimum atomic E-state index is 0.792. The molecule has 0 spiro atoms. The van der Waals surface area contributed by atoms with Crippen LogP contribution in [0.3, 0.4) is 0 Å². The van der Waals surface area contributed by atoms with Crippen molar-refractivity contribution in [1.82, 2.24) is 5.32 Å². The molecular weight excluding hydrogens is 186 g/mol. The van der Waals surface area contributed by atoms with Gasteiger partial charge in [0.1, 0.15) is 0 Å². The van der Waals surface area contributed by atoms with E-state index < -0.39 is 0 Å². The van der Waals surface area contributed by atoms with Gasteiger partial charge >= 0.3 is 0 Å². The second-order valence-corrected chi connectivity index (χ2v) is 2.90. The van der Waals surface area contributed by atoms with Gasteiger partial charge in [-0.2, -0.15) is 0 Å². The third kappa shape index (κ3) is 15.8. The Hall–Kier alpha value is -0.900. The number of aryl methyl sites for hydroxylation is 1. The minimum Gasteiger partial charge on any atom is -0.333 e. The summed E-state index contributed by atoms with van der Waals surface area (Å²) in [5, 5.41) is 2.99. The standard InChI is InChI=1S/C7H8.C4H12N2.CH5N/c1-7-5-3-2-4-6-7;1-6-4-2-3-5;1-2/h2-6H,1H3;6H,2-5H2,1H3;2H2,1H3. The molecule has 0 aliphatic heterocycles. The molecule has 0 bridgehead atoms. The van der Waals surface area contributed by atoms with Crippen molar-refractivity contribution in [3.05, 3.63) is 35.9 Å². The van der Waals surface area contributed by atoms with Crippen LogP contribution in [0.4, 0.5) is 0 Å². The van der Waals surface area contributed by atoms with Gasteiger partial charge in [-0.25, -0.2) is 0 Å². The van der Waals surface area contributed by atoms with Crippen LogP contribution in [0.1, 0.15) is 12.0 Å². The molecule has 0 atom stereocenters. The summed E-state index contributed by atoms with van der Waals surface area (Å²) in [7, 11) is 3.43. The molecule has 0 heterocycles. The van der Waals surface area contributed by atoms with Crippen LogP contribution in [0.25, 0.3) is 0 Å². The Labute approximate surface area is 93.9 Å². The van der Waals surface area contributed by atoms with Crippen LogP contribution < -0.4 is 16.8 Å². The summed E-state index contributed by atoms with van der Waals surface area (Å²) in [6.07, 6.45) is 1.08. The fourth-order valence-electron chi connectivity index (χ4n) is 0.813. The summed E-state index contributed by atoms with van der Waals surface area (Å²) >= 11 is 0. The molecule has 0 fully saturated rings. The van der Waals surface area contributed by atoms with Gasteiger partial charge in [-0.15, -0.1) is 0 Å². The second-order valence-electron chi connectivity index (χ2n) is 2.90. The Balaban J connectivity index is 0. The van der Waals surface area contributed by atoms with Crippen molar-refractivity contribution in [2.24, 2.45) is 11.5 Å². The molecule has 0 saturated carbocycles. The molecule has 3 nitrogen and oxygen atoms in total. The maximum absolute atomic E-state index is 5.17. The van der Waals surface area contributed by atoms with Gasteiger partial charge < -0.3 is 16.8 Å². The van der Waals surface area contributed by atoms with E-state index in [2.05, 4.69) is 30.1 Å². The van der Waals surface area contributed by atoms with Gasteiger partial charge in [0, 0.05) is 0 Å². The van der Waals surface area contributed by atoms with Crippen molar-refractivity contribution in [2.45, 2.75) is 13.3 Å². The first-order valence-electron chi connectivity index (χ1n) is 5.25. The largest absolute Gasteiger partial charge is 0.333 e. The average molecular weight is 211 g/mol. The van der Waals surface area contributed by atoms with E-state index in [1.165, 1.54) is 12.6 Å². The Morgan fingerprint density at radius 1 is 1.13 bits per heavy atom. The first-order chi connectivity index (χ1) is 7.31. The summed E-state index contributed by atoms with van der Waals surface area (Å²) in [5.74, 6) is 0. The van der Waals surface area contributed by atoms with Gasteiger partial charge in [0.2, 0.25) is 0 Å². The lowest BCUT2D eigenvalue weighted by Crippen LogP contribution is -2.12. The molecule has 88 valence electrons. The van der Waals surface area contributed by atoms with Crippen molar-refractivity contribution < 1.29 is 0 Å². The molecule has 3 heteroatoms. The third-order valence-corrected chi connectivity index (χ3v) is 1.57. The Bertz CT molecular complexity index is 183. The van der Waals surface area contributed by atoms with Crippen LogP contribution in [0.2, 0.25) is 0 Å².